The van der Waals surface area contributed by atoms with Crippen LogP contribution in [0.3, 0.4) is 0 Å². The molecule has 3 aliphatic heterocycles. The molecule has 2 aromatic rings. The molecule has 1 amide bonds. The van der Waals surface area contributed by atoms with E-state index in [9.17, 15) is 4.79 Å². The van der Waals surface area contributed by atoms with Crippen molar-refractivity contribution in [2.75, 3.05) is 32.8 Å². The van der Waals surface area contributed by atoms with Crippen molar-refractivity contribution < 1.29 is 14.3 Å². The number of ether oxygens (including phenoxy) is 2. The standard InChI is InChI=1S/C23H31N3O3S/c27-22(17-6-13-28-14-7-17)24-15-18-5-8-23(29-18)9-11-26(12-10-23)16-21-25-19-3-1-2-4-20(19)30-21/h1-4,17-18H,5-16H2,(H,24,27). The minimum absolute atomic E-state index is 0.0121. The molecule has 3 fully saturated rings. The number of thiazole rings is 1. The van der Waals surface area contributed by atoms with E-state index in [1.54, 1.807) is 11.3 Å². The third-order valence-corrected chi connectivity index (χ3v) is 7.92. The summed E-state index contributed by atoms with van der Waals surface area (Å²) in [5.74, 6) is 0.286. The smallest absolute Gasteiger partial charge is 0.223 e. The Morgan fingerprint density at radius 3 is 2.77 bits per heavy atom. The third-order valence-electron chi connectivity index (χ3n) is 6.90. The number of para-hydroxylation sites is 1. The SMILES string of the molecule is O=C(NCC1CCC2(CCN(Cc3nc4ccccc4s3)CC2)O1)C1CCOCC1. The van der Waals surface area contributed by atoms with Crippen molar-refractivity contribution in [2.45, 2.75) is 56.8 Å². The summed E-state index contributed by atoms with van der Waals surface area (Å²) in [5.41, 5.74) is 1.12. The molecule has 162 valence electrons. The van der Waals surface area contributed by atoms with Crippen molar-refractivity contribution in [2.24, 2.45) is 5.92 Å². The molecule has 1 atom stereocenters. The van der Waals surface area contributed by atoms with Crippen LogP contribution in [-0.2, 0) is 20.8 Å². The number of piperidine rings is 1. The number of rotatable bonds is 5. The molecule has 0 aliphatic carbocycles. The maximum atomic E-state index is 12.4. The zero-order chi connectivity index (χ0) is 20.4. The molecule has 0 saturated carbocycles. The molecule has 3 aliphatic rings. The highest BCUT2D eigenvalue weighted by Crippen LogP contribution is 2.39. The third kappa shape index (κ3) is 4.54. The second-order valence-corrected chi connectivity index (χ2v) is 10.1. The minimum Gasteiger partial charge on any atom is -0.381 e. The number of benzene rings is 1. The molecule has 0 bridgehead atoms. The number of carbonyl (C=O) groups excluding carboxylic acids is 1. The van der Waals surface area contributed by atoms with Crippen molar-refractivity contribution in [1.29, 1.82) is 0 Å². The first-order valence-corrected chi connectivity index (χ1v) is 12.1. The topological polar surface area (TPSA) is 63.7 Å². The predicted molar refractivity (Wildman–Crippen MR) is 118 cm³/mol. The number of hydrogen-bond donors (Lipinski definition) is 1. The van der Waals surface area contributed by atoms with E-state index in [2.05, 4.69) is 34.5 Å². The summed E-state index contributed by atoms with van der Waals surface area (Å²) >= 11 is 1.80. The number of hydrogen-bond acceptors (Lipinski definition) is 6. The molecule has 5 rings (SSSR count). The fourth-order valence-corrected chi connectivity index (χ4v) is 6.03. The van der Waals surface area contributed by atoms with Crippen LogP contribution in [0.1, 0.15) is 43.5 Å². The Hall–Kier alpha value is -1.54. The average Bonchev–Trinajstić information content (AvgIpc) is 3.38. The molecule has 4 heterocycles. The lowest BCUT2D eigenvalue weighted by Gasteiger charge is -2.39. The van der Waals surface area contributed by atoms with Gasteiger partial charge in [-0.05, 0) is 50.7 Å². The lowest BCUT2D eigenvalue weighted by Crippen LogP contribution is -2.45. The lowest BCUT2D eigenvalue weighted by molar-refractivity contribution is -0.129. The second-order valence-electron chi connectivity index (χ2n) is 8.94. The molecule has 1 unspecified atom stereocenters. The first-order valence-electron chi connectivity index (χ1n) is 11.3. The molecule has 30 heavy (non-hydrogen) atoms. The molecule has 1 spiro atoms. The molecular weight excluding hydrogens is 398 g/mol. The summed E-state index contributed by atoms with van der Waals surface area (Å²) in [6, 6.07) is 8.37. The predicted octanol–water partition coefficient (Wildman–Crippen LogP) is 3.35. The van der Waals surface area contributed by atoms with Gasteiger partial charge in [0.2, 0.25) is 5.91 Å². The van der Waals surface area contributed by atoms with Crippen LogP contribution in [0.15, 0.2) is 24.3 Å². The van der Waals surface area contributed by atoms with Crippen molar-refractivity contribution in [3.05, 3.63) is 29.3 Å². The number of carbonyl (C=O) groups is 1. The van der Waals surface area contributed by atoms with Crippen molar-refractivity contribution >= 4 is 27.5 Å². The molecule has 1 N–H and O–H groups in total. The molecular formula is C23H31N3O3S. The highest BCUT2D eigenvalue weighted by atomic mass is 32.1. The van der Waals surface area contributed by atoms with E-state index >= 15 is 0 Å². The summed E-state index contributed by atoms with van der Waals surface area (Å²) in [5, 5.41) is 4.34. The average molecular weight is 430 g/mol. The van der Waals surface area contributed by atoms with E-state index < -0.39 is 0 Å². The zero-order valence-electron chi connectivity index (χ0n) is 17.5. The highest BCUT2D eigenvalue weighted by molar-refractivity contribution is 7.18. The molecule has 1 aromatic heterocycles. The number of amides is 1. The molecule has 6 nitrogen and oxygen atoms in total. The van der Waals surface area contributed by atoms with E-state index in [0.717, 1.165) is 63.7 Å². The molecule has 1 aromatic carbocycles. The first-order chi connectivity index (χ1) is 14.7. The van der Waals surface area contributed by atoms with E-state index in [1.807, 2.05) is 0 Å². The Labute approximate surface area is 181 Å². The van der Waals surface area contributed by atoms with Crippen LogP contribution in [0.2, 0.25) is 0 Å². The molecule has 3 saturated heterocycles. The number of nitrogens with one attached hydrogen (secondary N) is 1. The van der Waals surface area contributed by atoms with E-state index in [-0.39, 0.29) is 23.5 Å². The Bertz CT molecular complexity index is 838. The van der Waals surface area contributed by atoms with Gasteiger partial charge in [-0.1, -0.05) is 12.1 Å². The quantitative estimate of drug-likeness (QED) is 0.790. The number of aromatic nitrogens is 1. The highest BCUT2D eigenvalue weighted by Gasteiger charge is 2.42. The Balaban J connectivity index is 1.08. The number of fused-ring (bicyclic) bond motifs is 1. The summed E-state index contributed by atoms with van der Waals surface area (Å²) < 4.78 is 13.1. The number of likely N-dealkylation sites (tertiary alicyclic amines) is 1. The van der Waals surface area contributed by atoms with E-state index in [1.165, 1.54) is 9.71 Å². The van der Waals surface area contributed by atoms with Crippen LogP contribution in [0, 0.1) is 5.92 Å². The van der Waals surface area contributed by atoms with Gasteiger partial charge in [-0.15, -0.1) is 11.3 Å². The summed E-state index contributed by atoms with van der Waals surface area (Å²) in [6.45, 7) is 5.09. The van der Waals surface area contributed by atoms with Crippen LogP contribution in [0.25, 0.3) is 10.2 Å². The summed E-state index contributed by atoms with van der Waals surface area (Å²) in [7, 11) is 0. The van der Waals surface area contributed by atoms with Crippen LogP contribution < -0.4 is 5.32 Å². The van der Waals surface area contributed by atoms with Gasteiger partial charge in [0.25, 0.3) is 0 Å². The molecule has 7 heteroatoms. The Morgan fingerprint density at radius 1 is 1.17 bits per heavy atom. The normalized spacial score (nSPS) is 25.1. The van der Waals surface area contributed by atoms with Crippen molar-refractivity contribution in [1.82, 2.24) is 15.2 Å². The van der Waals surface area contributed by atoms with E-state index in [0.29, 0.717) is 19.8 Å². The Kier molecular flexibility index (Phi) is 6.05. The van der Waals surface area contributed by atoms with Crippen LogP contribution in [0.4, 0.5) is 0 Å². The van der Waals surface area contributed by atoms with E-state index in [4.69, 9.17) is 14.5 Å². The first kappa shape index (κ1) is 20.4. The van der Waals surface area contributed by atoms with Crippen LogP contribution in [-0.4, -0.2) is 60.3 Å². The second kappa shape index (κ2) is 8.91. The van der Waals surface area contributed by atoms with Crippen LogP contribution >= 0.6 is 11.3 Å². The minimum atomic E-state index is 0.0121. The van der Waals surface area contributed by atoms with Gasteiger partial charge in [-0.3, -0.25) is 9.69 Å². The van der Waals surface area contributed by atoms with Crippen LogP contribution in [0.5, 0.6) is 0 Å². The van der Waals surface area contributed by atoms with Gasteiger partial charge < -0.3 is 14.8 Å². The zero-order valence-corrected chi connectivity index (χ0v) is 18.3. The van der Waals surface area contributed by atoms with Gasteiger partial charge in [-0.25, -0.2) is 4.98 Å². The van der Waals surface area contributed by atoms with Crippen molar-refractivity contribution in [3.63, 3.8) is 0 Å². The Morgan fingerprint density at radius 2 is 1.97 bits per heavy atom. The van der Waals surface area contributed by atoms with Gasteiger partial charge in [0.05, 0.1) is 28.5 Å². The lowest BCUT2D eigenvalue weighted by atomic mass is 9.88. The van der Waals surface area contributed by atoms with Gasteiger partial charge in [0.15, 0.2) is 0 Å². The van der Waals surface area contributed by atoms with Gasteiger partial charge in [0.1, 0.15) is 5.01 Å². The van der Waals surface area contributed by atoms with Gasteiger partial charge >= 0.3 is 0 Å². The number of nitrogens with zero attached hydrogens (tertiary/aromatic N) is 2. The fourth-order valence-electron chi connectivity index (χ4n) is 5.02. The van der Waals surface area contributed by atoms with Gasteiger partial charge in [-0.2, -0.15) is 0 Å². The maximum absolute atomic E-state index is 12.4. The van der Waals surface area contributed by atoms with Crippen molar-refractivity contribution in [3.8, 4) is 0 Å². The fraction of sp³-hybridized carbons (Fsp3) is 0.652. The monoisotopic (exact) mass is 429 g/mol. The maximum Gasteiger partial charge on any atom is 0.223 e. The largest absolute Gasteiger partial charge is 0.381 e. The van der Waals surface area contributed by atoms with Gasteiger partial charge in [0, 0.05) is 38.8 Å². The summed E-state index contributed by atoms with van der Waals surface area (Å²) in [4.78, 5) is 19.7. The summed E-state index contributed by atoms with van der Waals surface area (Å²) in [6.07, 6.45) is 6.14. The molecule has 0 radical (unpaired) electrons.